The Bertz CT molecular complexity index is 584. The molecule has 0 heterocycles. The SMILES string of the molecule is C=C(CC)C(=O)c1ccc(OCC(=O)N=O)c(Cl)c1Cl. The van der Waals surface area contributed by atoms with E-state index < -0.39 is 12.5 Å². The Balaban J connectivity index is 3.03. The summed E-state index contributed by atoms with van der Waals surface area (Å²) < 4.78 is 5.00. The van der Waals surface area contributed by atoms with Gasteiger partial charge in [-0.05, 0) is 24.1 Å². The molecular formula is C13H11Cl2NO4. The molecule has 1 aromatic carbocycles. The Morgan fingerprint density at radius 3 is 2.50 bits per heavy atom. The normalized spacial score (nSPS) is 9.95. The van der Waals surface area contributed by atoms with Gasteiger partial charge in [0.05, 0.1) is 5.02 Å². The van der Waals surface area contributed by atoms with Gasteiger partial charge >= 0.3 is 5.91 Å². The highest BCUT2D eigenvalue weighted by molar-refractivity contribution is 6.45. The Hall–Kier alpha value is -1.72. The van der Waals surface area contributed by atoms with E-state index in [0.29, 0.717) is 12.0 Å². The molecular weight excluding hydrogens is 305 g/mol. The van der Waals surface area contributed by atoms with Crippen LogP contribution in [0.4, 0.5) is 0 Å². The zero-order valence-electron chi connectivity index (χ0n) is 10.6. The molecule has 0 fully saturated rings. The van der Waals surface area contributed by atoms with Crippen molar-refractivity contribution < 1.29 is 14.3 Å². The third-order valence-corrected chi connectivity index (χ3v) is 3.36. The molecule has 7 heteroatoms. The van der Waals surface area contributed by atoms with E-state index in [0.717, 1.165) is 0 Å². The fourth-order valence-corrected chi connectivity index (χ4v) is 1.80. The summed E-state index contributed by atoms with van der Waals surface area (Å²) in [4.78, 5) is 32.7. The highest BCUT2D eigenvalue weighted by Crippen LogP contribution is 2.35. The zero-order chi connectivity index (χ0) is 15.3. The smallest absolute Gasteiger partial charge is 0.323 e. The number of halogens is 2. The first-order valence-electron chi connectivity index (χ1n) is 5.61. The van der Waals surface area contributed by atoms with Crippen LogP contribution in [0.1, 0.15) is 23.7 Å². The van der Waals surface area contributed by atoms with E-state index in [9.17, 15) is 14.5 Å². The van der Waals surface area contributed by atoms with Gasteiger partial charge in [0.25, 0.3) is 0 Å². The maximum absolute atomic E-state index is 12.0. The number of nitroso groups, excluding NO2 is 1. The molecule has 20 heavy (non-hydrogen) atoms. The number of carbonyl (C=O) groups is 2. The molecule has 0 bridgehead atoms. The van der Waals surface area contributed by atoms with Gasteiger partial charge in [-0.2, -0.15) is 0 Å². The van der Waals surface area contributed by atoms with Crippen molar-refractivity contribution in [1.29, 1.82) is 0 Å². The van der Waals surface area contributed by atoms with Crippen LogP contribution in [0.3, 0.4) is 0 Å². The van der Waals surface area contributed by atoms with E-state index in [1.54, 1.807) is 6.92 Å². The minimum atomic E-state index is -0.975. The Kier molecular flexibility index (Phi) is 5.85. The molecule has 0 aliphatic carbocycles. The van der Waals surface area contributed by atoms with Gasteiger partial charge in [-0.25, -0.2) is 0 Å². The van der Waals surface area contributed by atoms with Gasteiger partial charge < -0.3 is 4.74 Å². The number of benzene rings is 1. The van der Waals surface area contributed by atoms with Crippen LogP contribution < -0.4 is 4.74 Å². The molecule has 0 atom stereocenters. The Labute approximate surface area is 125 Å². The van der Waals surface area contributed by atoms with Gasteiger partial charge in [-0.15, -0.1) is 4.91 Å². The number of hydrogen-bond acceptors (Lipinski definition) is 4. The van der Waals surface area contributed by atoms with E-state index in [2.05, 4.69) is 11.8 Å². The number of allylic oxidation sites excluding steroid dienone is 1. The molecule has 0 aliphatic heterocycles. The summed E-state index contributed by atoms with van der Waals surface area (Å²) in [5, 5.41) is 2.18. The molecule has 0 unspecified atom stereocenters. The predicted molar refractivity (Wildman–Crippen MR) is 76.5 cm³/mol. The molecule has 106 valence electrons. The van der Waals surface area contributed by atoms with E-state index in [4.69, 9.17) is 27.9 Å². The van der Waals surface area contributed by atoms with Crippen molar-refractivity contribution >= 4 is 34.9 Å². The van der Waals surface area contributed by atoms with Crippen molar-refractivity contribution in [3.63, 3.8) is 0 Å². The molecule has 0 saturated heterocycles. The third kappa shape index (κ3) is 3.65. The largest absolute Gasteiger partial charge is 0.482 e. The molecule has 1 aromatic rings. The highest BCUT2D eigenvalue weighted by Gasteiger charge is 2.18. The van der Waals surface area contributed by atoms with Crippen molar-refractivity contribution in [2.24, 2.45) is 5.18 Å². The third-order valence-electron chi connectivity index (χ3n) is 2.49. The van der Waals surface area contributed by atoms with Crippen molar-refractivity contribution in [2.45, 2.75) is 13.3 Å². The Morgan fingerprint density at radius 1 is 1.30 bits per heavy atom. The van der Waals surface area contributed by atoms with Crippen LogP contribution in [0, 0.1) is 4.91 Å². The number of rotatable bonds is 6. The van der Waals surface area contributed by atoms with Crippen molar-refractivity contribution in [3.05, 3.63) is 44.8 Å². The molecule has 0 radical (unpaired) electrons. The minimum absolute atomic E-state index is 0.00952. The lowest BCUT2D eigenvalue weighted by Crippen LogP contribution is -2.09. The molecule has 0 aliphatic rings. The maximum Gasteiger partial charge on any atom is 0.323 e. The van der Waals surface area contributed by atoms with Crippen molar-refractivity contribution in [1.82, 2.24) is 0 Å². The summed E-state index contributed by atoms with van der Waals surface area (Å²) in [7, 11) is 0. The topological polar surface area (TPSA) is 72.8 Å². The minimum Gasteiger partial charge on any atom is -0.482 e. The highest BCUT2D eigenvalue weighted by atomic mass is 35.5. The van der Waals surface area contributed by atoms with Gasteiger partial charge in [0.2, 0.25) is 0 Å². The second-order valence-corrected chi connectivity index (χ2v) is 4.56. The number of Topliss-reactive ketones (excluding diaryl/α,β-unsaturated/α-hetero) is 1. The first-order valence-corrected chi connectivity index (χ1v) is 6.37. The van der Waals surface area contributed by atoms with Gasteiger partial charge in [-0.1, -0.05) is 36.7 Å². The number of amides is 1. The molecule has 0 spiro atoms. The van der Waals surface area contributed by atoms with Crippen LogP contribution in [0.15, 0.2) is 29.5 Å². The summed E-state index contributed by atoms with van der Waals surface area (Å²) in [6.45, 7) is 4.89. The second kappa shape index (κ2) is 7.17. The van der Waals surface area contributed by atoms with Gasteiger partial charge in [0.1, 0.15) is 10.8 Å². The lowest BCUT2D eigenvalue weighted by Gasteiger charge is -2.10. The number of nitrogens with zero attached hydrogens (tertiary/aromatic N) is 1. The number of ketones is 1. The monoisotopic (exact) mass is 315 g/mol. The summed E-state index contributed by atoms with van der Waals surface area (Å²) >= 11 is 12.0. The summed E-state index contributed by atoms with van der Waals surface area (Å²) in [5.74, 6) is -1.19. The van der Waals surface area contributed by atoms with Gasteiger partial charge in [0, 0.05) is 10.7 Å². The van der Waals surface area contributed by atoms with E-state index in [-0.39, 0.29) is 27.1 Å². The van der Waals surface area contributed by atoms with Crippen molar-refractivity contribution in [3.8, 4) is 5.75 Å². The fraction of sp³-hybridized carbons (Fsp3) is 0.231. The lowest BCUT2D eigenvalue weighted by molar-refractivity contribution is -0.119. The fourth-order valence-electron chi connectivity index (χ4n) is 1.34. The van der Waals surface area contributed by atoms with Gasteiger partial charge in [0.15, 0.2) is 12.4 Å². The molecule has 0 N–H and O–H groups in total. The van der Waals surface area contributed by atoms with E-state index in [1.165, 1.54) is 12.1 Å². The summed E-state index contributed by atoms with van der Waals surface area (Å²) in [6, 6.07) is 2.81. The second-order valence-electron chi connectivity index (χ2n) is 3.80. The molecule has 0 saturated carbocycles. The van der Waals surface area contributed by atoms with E-state index in [1.807, 2.05) is 0 Å². The quantitative estimate of drug-likeness (QED) is 0.454. The predicted octanol–water partition coefficient (Wildman–Crippen LogP) is 3.81. The lowest BCUT2D eigenvalue weighted by atomic mass is 10.0. The molecule has 1 amide bonds. The maximum atomic E-state index is 12.0. The van der Waals surface area contributed by atoms with Crippen molar-refractivity contribution in [2.75, 3.05) is 6.61 Å². The summed E-state index contributed by atoms with van der Waals surface area (Å²) in [5.41, 5.74) is 0.604. The molecule has 0 aromatic heterocycles. The average Bonchev–Trinajstić information content (AvgIpc) is 2.46. The average molecular weight is 316 g/mol. The molecule has 1 rings (SSSR count). The van der Waals surface area contributed by atoms with Crippen LogP contribution in [0.2, 0.25) is 10.0 Å². The van der Waals surface area contributed by atoms with Crippen LogP contribution >= 0.6 is 23.2 Å². The van der Waals surface area contributed by atoms with Crippen LogP contribution in [-0.4, -0.2) is 18.3 Å². The first kappa shape index (κ1) is 16.3. The standard InChI is InChI=1S/C13H11Cl2NO4/c1-3-7(2)13(18)8-4-5-9(12(15)11(8)14)20-6-10(17)16-19/h4-5H,2-3,6H2,1H3. The summed E-state index contributed by atoms with van der Waals surface area (Å²) in [6.07, 6.45) is 0.491. The number of carbonyl (C=O) groups excluding carboxylic acids is 2. The number of ether oxygens (including phenoxy) is 1. The molecule has 5 nitrogen and oxygen atoms in total. The van der Waals surface area contributed by atoms with Crippen LogP contribution in [0.5, 0.6) is 5.75 Å². The zero-order valence-corrected chi connectivity index (χ0v) is 12.1. The van der Waals surface area contributed by atoms with Gasteiger partial charge in [-0.3, -0.25) is 9.59 Å². The Morgan fingerprint density at radius 2 is 1.95 bits per heavy atom. The first-order chi connectivity index (χ1) is 9.42. The number of hydrogen-bond donors (Lipinski definition) is 0. The van der Waals surface area contributed by atoms with Crippen LogP contribution in [-0.2, 0) is 4.79 Å². The van der Waals surface area contributed by atoms with Crippen LogP contribution in [0.25, 0.3) is 0 Å². The van der Waals surface area contributed by atoms with E-state index >= 15 is 0 Å².